The highest BCUT2D eigenvalue weighted by atomic mass is 35.5. The van der Waals surface area contributed by atoms with Crippen LogP contribution in [-0.4, -0.2) is 19.2 Å². The third-order valence-electron chi connectivity index (χ3n) is 1.42. The molecule has 0 unspecified atom stereocenters. The fraction of sp³-hybridized carbons (Fsp3) is 0.222. The fourth-order valence-corrected chi connectivity index (χ4v) is 1.03. The van der Waals surface area contributed by atoms with Crippen molar-refractivity contribution in [2.45, 2.75) is 0 Å². The molecule has 0 saturated carbocycles. The molecule has 0 aliphatic rings. The van der Waals surface area contributed by atoms with Crippen molar-refractivity contribution in [1.82, 2.24) is 5.32 Å². The summed E-state index contributed by atoms with van der Waals surface area (Å²) >= 11 is 5.70. The minimum Gasteiger partial charge on any atom is -0.410 e. The third kappa shape index (κ3) is 3.64. The molecule has 1 aromatic carbocycles. The predicted octanol–water partition coefficient (Wildman–Crippen LogP) is 1.39. The Bertz CT molecular complexity index is 317. The van der Waals surface area contributed by atoms with Crippen LogP contribution in [-0.2, 0) is 0 Å². The van der Waals surface area contributed by atoms with Crippen molar-refractivity contribution in [1.29, 1.82) is 0 Å². The van der Waals surface area contributed by atoms with Crippen LogP contribution in [0.15, 0.2) is 24.3 Å². The molecule has 1 rings (SSSR count). The van der Waals surface area contributed by atoms with Crippen molar-refractivity contribution in [3.05, 3.63) is 29.3 Å². The fourth-order valence-electron chi connectivity index (χ4n) is 0.848. The van der Waals surface area contributed by atoms with E-state index >= 15 is 0 Å². The zero-order valence-electron chi connectivity index (χ0n) is 7.50. The van der Waals surface area contributed by atoms with Gasteiger partial charge in [-0.2, -0.15) is 0 Å². The van der Waals surface area contributed by atoms with Crippen LogP contribution in [0.1, 0.15) is 0 Å². The highest BCUT2D eigenvalue weighted by Gasteiger charge is 2.02. The van der Waals surface area contributed by atoms with Gasteiger partial charge in [0.05, 0.1) is 0 Å². The van der Waals surface area contributed by atoms with Gasteiger partial charge in [0.25, 0.3) is 0 Å². The Balaban J connectivity index is 2.47. The number of halogens is 1. The van der Waals surface area contributed by atoms with Gasteiger partial charge in [-0.25, -0.2) is 4.79 Å². The van der Waals surface area contributed by atoms with Crippen molar-refractivity contribution >= 4 is 17.7 Å². The van der Waals surface area contributed by atoms with Gasteiger partial charge >= 0.3 is 6.09 Å². The summed E-state index contributed by atoms with van der Waals surface area (Å²) in [6, 6.07) is 6.61. The molecule has 0 aliphatic heterocycles. The molecular formula is C9H11ClN2O2. The van der Waals surface area contributed by atoms with Gasteiger partial charge in [0.2, 0.25) is 0 Å². The number of hydrogen-bond donors (Lipinski definition) is 2. The number of benzene rings is 1. The number of ether oxygens (including phenoxy) is 1. The van der Waals surface area contributed by atoms with E-state index in [9.17, 15) is 4.79 Å². The van der Waals surface area contributed by atoms with Crippen LogP contribution in [0.3, 0.4) is 0 Å². The van der Waals surface area contributed by atoms with E-state index in [-0.39, 0.29) is 0 Å². The molecule has 14 heavy (non-hydrogen) atoms. The van der Waals surface area contributed by atoms with Crippen LogP contribution in [0.2, 0.25) is 5.02 Å². The zero-order valence-corrected chi connectivity index (χ0v) is 8.25. The summed E-state index contributed by atoms with van der Waals surface area (Å²) in [5, 5.41) is 2.99. The van der Waals surface area contributed by atoms with Crippen molar-refractivity contribution in [2.75, 3.05) is 13.1 Å². The van der Waals surface area contributed by atoms with Crippen LogP contribution in [0.5, 0.6) is 5.75 Å². The lowest BCUT2D eigenvalue weighted by atomic mass is 10.3. The number of rotatable bonds is 3. The van der Waals surface area contributed by atoms with E-state index in [4.69, 9.17) is 22.1 Å². The van der Waals surface area contributed by atoms with E-state index in [1.165, 1.54) is 0 Å². The Morgan fingerprint density at radius 2 is 2.36 bits per heavy atom. The smallest absolute Gasteiger partial charge is 0.410 e. The van der Waals surface area contributed by atoms with Crippen LogP contribution in [0.4, 0.5) is 4.79 Å². The molecule has 0 aliphatic carbocycles. The van der Waals surface area contributed by atoms with Gasteiger partial charge in [0, 0.05) is 18.1 Å². The number of amides is 1. The summed E-state index contributed by atoms with van der Waals surface area (Å²) in [6.45, 7) is 0.768. The molecule has 0 fully saturated rings. The van der Waals surface area contributed by atoms with E-state index in [0.717, 1.165) is 0 Å². The lowest BCUT2D eigenvalue weighted by Crippen LogP contribution is -2.31. The predicted molar refractivity (Wildman–Crippen MR) is 54.5 cm³/mol. The maximum Gasteiger partial charge on any atom is 0.412 e. The van der Waals surface area contributed by atoms with Crippen LogP contribution < -0.4 is 15.8 Å². The molecule has 0 bridgehead atoms. The summed E-state index contributed by atoms with van der Waals surface area (Å²) in [4.78, 5) is 11.1. The minimum absolute atomic E-state index is 0.380. The molecule has 76 valence electrons. The van der Waals surface area contributed by atoms with Gasteiger partial charge < -0.3 is 15.8 Å². The Hall–Kier alpha value is -1.26. The van der Waals surface area contributed by atoms with Crippen molar-refractivity contribution < 1.29 is 9.53 Å². The molecule has 0 radical (unpaired) electrons. The number of carbonyl (C=O) groups is 1. The monoisotopic (exact) mass is 214 g/mol. The number of nitrogens with one attached hydrogen (secondary N) is 1. The second kappa shape index (κ2) is 5.47. The molecule has 1 amide bonds. The van der Waals surface area contributed by atoms with E-state index in [0.29, 0.717) is 23.9 Å². The van der Waals surface area contributed by atoms with Crippen molar-refractivity contribution in [3.8, 4) is 5.75 Å². The molecule has 0 atom stereocenters. The highest BCUT2D eigenvalue weighted by Crippen LogP contribution is 2.16. The first-order valence-electron chi connectivity index (χ1n) is 4.13. The van der Waals surface area contributed by atoms with Gasteiger partial charge in [-0.15, -0.1) is 0 Å². The van der Waals surface area contributed by atoms with Gasteiger partial charge in [-0.3, -0.25) is 0 Å². The van der Waals surface area contributed by atoms with Gasteiger partial charge in [0.15, 0.2) is 0 Å². The first-order chi connectivity index (χ1) is 6.72. The van der Waals surface area contributed by atoms with E-state index in [2.05, 4.69) is 5.32 Å². The molecule has 0 saturated heterocycles. The first kappa shape index (κ1) is 10.8. The van der Waals surface area contributed by atoms with Crippen LogP contribution in [0, 0.1) is 0 Å². The number of hydrogen-bond acceptors (Lipinski definition) is 3. The minimum atomic E-state index is -0.530. The Kier molecular flexibility index (Phi) is 4.22. The van der Waals surface area contributed by atoms with Crippen LogP contribution >= 0.6 is 11.6 Å². The van der Waals surface area contributed by atoms with Gasteiger partial charge in [0.1, 0.15) is 5.75 Å². The molecule has 0 aromatic heterocycles. The summed E-state index contributed by atoms with van der Waals surface area (Å²) in [5.41, 5.74) is 5.20. The summed E-state index contributed by atoms with van der Waals surface area (Å²) < 4.78 is 4.91. The van der Waals surface area contributed by atoms with Gasteiger partial charge in [-0.05, 0) is 18.2 Å². The lowest BCUT2D eigenvalue weighted by molar-refractivity contribution is 0.201. The Morgan fingerprint density at radius 1 is 1.57 bits per heavy atom. The standard InChI is InChI=1S/C9H11ClN2O2/c10-7-2-1-3-8(6-7)14-9(13)12-5-4-11/h1-3,6H,4-5,11H2,(H,12,13). The maximum atomic E-state index is 11.1. The summed E-state index contributed by atoms with van der Waals surface area (Å²) in [6.07, 6.45) is -0.530. The highest BCUT2D eigenvalue weighted by molar-refractivity contribution is 6.30. The number of carbonyl (C=O) groups excluding carboxylic acids is 1. The average molecular weight is 215 g/mol. The SMILES string of the molecule is NCCNC(=O)Oc1cccc(Cl)c1. The topological polar surface area (TPSA) is 64.3 Å². The zero-order chi connectivity index (χ0) is 10.4. The quantitative estimate of drug-likeness (QED) is 0.799. The molecule has 0 heterocycles. The second-order valence-corrected chi connectivity index (χ2v) is 3.00. The second-order valence-electron chi connectivity index (χ2n) is 2.56. The number of nitrogens with two attached hydrogens (primary N) is 1. The maximum absolute atomic E-state index is 11.1. The largest absolute Gasteiger partial charge is 0.412 e. The third-order valence-corrected chi connectivity index (χ3v) is 1.66. The normalized spacial score (nSPS) is 9.57. The van der Waals surface area contributed by atoms with E-state index < -0.39 is 6.09 Å². The van der Waals surface area contributed by atoms with Crippen molar-refractivity contribution in [2.24, 2.45) is 5.73 Å². The Labute approximate surface area is 87.0 Å². The first-order valence-corrected chi connectivity index (χ1v) is 4.51. The Morgan fingerprint density at radius 3 is 3.00 bits per heavy atom. The average Bonchev–Trinajstić information content (AvgIpc) is 2.15. The van der Waals surface area contributed by atoms with E-state index in [1.54, 1.807) is 24.3 Å². The summed E-state index contributed by atoms with van der Waals surface area (Å²) in [7, 11) is 0. The molecule has 5 heteroatoms. The van der Waals surface area contributed by atoms with E-state index in [1.807, 2.05) is 0 Å². The lowest BCUT2D eigenvalue weighted by Gasteiger charge is -2.05. The molecule has 0 spiro atoms. The molecule has 4 nitrogen and oxygen atoms in total. The summed E-state index contributed by atoms with van der Waals surface area (Å²) in [5.74, 6) is 0.409. The van der Waals surface area contributed by atoms with Gasteiger partial charge in [-0.1, -0.05) is 17.7 Å². The van der Waals surface area contributed by atoms with Crippen molar-refractivity contribution in [3.63, 3.8) is 0 Å². The molecule has 1 aromatic rings. The molecular weight excluding hydrogens is 204 g/mol. The van der Waals surface area contributed by atoms with Crippen LogP contribution in [0.25, 0.3) is 0 Å². The molecule has 3 N–H and O–H groups in total.